The molecule has 4 heteroatoms. The number of fused-ring (bicyclic) bond motifs is 1. The van der Waals surface area contributed by atoms with E-state index in [0.29, 0.717) is 0 Å². The average Bonchev–Trinajstić information content (AvgIpc) is 2.39. The number of hydrogen-bond acceptors (Lipinski definition) is 3. The normalized spacial score (nSPS) is 38.2. The molecular weight excluding hydrogens is 172 g/mol. The molecule has 13 heavy (non-hydrogen) atoms. The highest BCUT2D eigenvalue weighted by molar-refractivity contribution is 5.95. The van der Waals surface area contributed by atoms with Gasteiger partial charge in [0.25, 0.3) is 0 Å². The standard InChI is InChI=1S/C9H12O4/c10-8(11)7-5-3-1-2-4-6(5)13-9(7)12/h5-7H,1-4H2,(H,10,11)/t5-,6+,7+/m0/s1. The molecule has 1 aliphatic carbocycles. The first kappa shape index (κ1) is 8.53. The summed E-state index contributed by atoms with van der Waals surface area (Å²) in [6, 6.07) is 0. The minimum Gasteiger partial charge on any atom is -0.481 e. The zero-order valence-electron chi connectivity index (χ0n) is 7.23. The van der Waals surface area contributed by atoms with Crippen molar-refractivity contribution in [2.75, 3.05) is 0 Å². The molecule has 1 saturated heterocycles. The highest BCUT2D eigenvalue weighted by Crippen LogP contribution is 2.38. The molecule has 72 valence electrons. The van der Waals surface area contributed by atoms with Gasteiger partial charge in [0.05, 0.1) is 0 Å². The molecule has 0 aromatic heterocycles. The number of carboxylic acid groups (broad SMARTS) is 1. The summed E-state index contributed by atoms with van der Waals surface area (Å²) in [6.45, 7) is 0. The molecule has 0 unspecified atom stereocenters. The Morgan fingerprint density at radius 3 is 2.77 bits per heavy atom. The summed E-state index contributed by atoms with van der Waals surface area (Å²) in [7, 11) is 0. The van der Waals surface area contributed by atoms with E-state index in [2.05, 4.69) is 0 Å². The number of carbonyl (C=O) groups is 2. The smallest absolute Gasteiger partial charge is 0.321 e. The second-order valence-electron chi connectivity index (χ2n) is 3.74. The summed E-state index contributed by atoms with van der Waals surface area (Å²) in [5, 5.41) is 8.82. The summed E-state index contributed by atoms with van der Waals surface area (Å²) in [5.74, 6) is -2.53. The SMILES string of the molecule is O=C(O)[C@@H]1C(=O)O[C@@H]2CCCC[C@H]12. The average molecular weight is 184 g/mol. The Morgan fingerprint density at radius 2 is 2.08 bits per heavy atom. The van der Waals surface area contributed by atoms with Crippen LogP contribution in [0.15, 0.2) is 0 Å². The van der Waals surface area contributed by atoms with Crippen LogP contribution in [0.25, 0.3) is 0 Å². The summed E-state index contributed by atoms with van der Waals surface area (Å²) < 4.78 is 5.02. The van der Waals surface area contributed by atoms with Gasteiger partial charge in [0, 0.05) is 5.92 Å². The molecule has 0 radical (unpaired) electrons. The highest BCUT2D eigenvalue weighted by atomic mass is 16.6. The third-order valence-corrected chi connectivity index (χ3v) is 2.97. The topological polar surface area (TPSA) is 63.6 Å². The second-order valence-corrected chi connectivity index (χ2v) is 3.74. The van der Waals surface area contributed by atoms with Gasteiger partial charge in [-0.15, -0.1) is 0 Å². The minimum absolute atomic E-state index is 0.0706. The molecule has 4 nitrogen and oxygen atoms in total. The Kier molecular flexibility index (Phi) is 1.98. The Bertz CT molecular complexity index is 248. The molecule has 0 amide bonds. The van der Waals surface area contributed by atoms with Crippen LogP contribution >= 0.6 is 0 Å². The molecular formula is C9H12O4. The van der Waals surface area contributed by atoms with Gasteiger partial charge in [0.1, 0.15) is 6.10 Å². The van der Waals surface area contributed by atoms with E-state index >= 15 is 0 Å². The summed E-state index contributed by atoms with van der Waals surface area (Å²) >= 11 is 0. The molecule has 2 fully saturated rings. The van der Waals surface area contributed by atoms with Crippen LogP contribution in [-0.4, -0.2) is 23.1 Å². The van der Waals surface area contributed by atoms with E-state index in [1.54, 1.807) is 0 Å². The van der Waals surface area contributed by atoms with Crippen LogP contribution < -0.4 is 0 Å². The number of hydrogen-bond donors (Lipinski definition) is 1. The maximum atomic E-state index is 11.2. The Labute approximate surface area is 75.9 Å². The quantitative estimate of drug-likeness (QED) is 0.483. The largest absolute Gasteiger partial charge is 0.481 e. The molecule has 0 spiro atoms. The number of ether oxygens (including phenoxy) is 1. The van der Waals surface area contributed by atoms with Gasteiger partial charge in [-0.3, -0.25) is 9.59 Å². The first-order valence-corrected chi connectivity index (χ1v) is 4.63. The Morgan fingerprint density at radius 1 is 1.38 bits per heavy atom. The van der Waals surface area contributed by atoms with Crippen molar-refractivity contribution < 1.29 is 19.4 Å². The molecule has 1 N–H and O–H groups in total. The molecule has 3 atom stereocenters. The number of aliphatic carboxylic acids is 1. The van der Waals surface area contributed by atoms with Crippen molar-refractivity contribution in [2.24, 2.45) is 11.8 Å². The van der Waals surface area contributed by atoms with Crippen molar-refractivity contribution in [3.05, 3.63) is 0 Å². The Hall–Kier alpha value is -1.06. The molecule has 1 aliphatic heterocycles. The van der Waals surface area contributed by atoms with Gasteiger partial charge in [0.15, 0.2) is 5.92 Å². The molecule has 0 aromatic carbocycles. The lowest BCUT2D eigenvalue weighted by Gasteiger charge is -2.23. The molecule has 0 aromatic rings. The second kappa shape index (κ2) is 3.01. The van der Waals surface area contributed by atoms with Crippen LogP contribution in [0, 0.1) is 11.8 Å². The van der Waals surface area contributed by atoms with Crippen molar-refractivity contribution in [1.29, 1.82) is 0 Å². The maximum Gasteiger partial charge on any atom is 0.321 e. The third kappa shape index (κ3) is 1.30. The van der Waals surface area contributed by atoms with Gasteiger partial charge < -0.3 is 9.84 Å². The van der Waals surface area contributed by atoms with Gasteiger partial charge in [-0.1, -0.05) is 6.42 Å². The lowest BCUT2D eigenvalue weighted by Crippen LogP contribution is -2.29. The first-order chi connectivity index (χ1) is 6.20. The minimum atomic E-state index is -1.03. The van der Waals surface area contributed by atoms with Crippen LogP contribution in [-0.2, 0) is 14.3 Å². The van der Waals surface area contributed by atoms with Crippen LogP contribution in [0.5, 0.6) is 0 Å². The van der Waals surface area contributed by atoms with E-state index in [9.17, 15) is 9.59 Å². The number of carboxylic acids is 1. The molecule has 0 bridgehead atoms. The van der Waals surface area contributed by atoms with Gasteiger partial charge in [-0.2, -0.15) is 0 Å². The fourth-order valence-corrected chi connectivity index (χ4v) is 2.33. The predicted molar refractivity (Wildman–Crippen MR) is 43.0 cm³/mol. The van der Waals surface area contributed by atoms with Crippen LogP contribution in [0.2, 0.25) is 0 Å². The fraction of sp³-hybridized carbons (Fsp3) is 0.778. The van der Waals surface area contributed by atoms with Gasteiger partial charge in [-0.25, -0.2) is 0 Å². The zero-order chi connectivity index (χ0) is 9.42. The third-order valence-electron chi connectivity index (χ3n) is 2.97. The zero-order valence-corrected chi connectivity index (χ0v) is 7.23. The molecule has 2 rings (SSSR count). The van der Waals surface area contributed by atoms with E-state index in [1.807, 2.05) is 0 Å². The van der Waals surface area contributed by atoms with Crippen molar-refractivity contribution in [3.8, 4) is 0 Å². The lowest BCUT2D eigenvalue weighted by molar-refractivity contribution is -0.153. The van der Waals surface area contributed by atoms with E-state index in [-0.39, 0.29) is 12.0 Å². The monoisotopic (exact) mass is 184 g/mol. The van der Waals surface area contributed by atoms with Gasteiger partial charge >= 0.3 is 11.9 Å². The lowest BCUT2D eigenvalue weighted by atomic mass is 9.80. The highest BCUT2D eigenvalue weighted by Gasteiger charge is 2.49. The van der Waals surface area contributed by atoms with E-state index < -0.39 is 17.9 Å². The van der Waals surface area contributed by atoms with Crippen LogP contribution in [0.1, 0.15) is 25.7 Å². The van der Waals surface area contributed by atoms with Gasteiger partial charge in [-0.05, 0) is 19.3 Å². The van der Waals surface area contributed by atoms with E-state index in [0.717, 1.165) is 25.7 Å². The number of rotatable bonds is 1. The number of esters is 1. The van der Waals surface area contributed by atoms with Crippen LogP contribution in [0.3, 0.4) is 0 Å². The molecule has 1 heterocycles. The van der Waals surface area contributed by atoms with Crippen LogP contribution in [0.4, 0.5) is 0 Å². The predicted octanol–water partition coefficient (Wildman–Crippen LogP) is 0.803. The fourth-order valence-electron chi connectivity index (χ4n) is 2.33. The van der Waals surface area contributed by atoms with Crippen molar-refractivity contribution in [2.45, 2.75) is 31.8 Å². The number of carbonyl (C=O) groups excluding carboxylic acids is 1. The Balaban J connectivity index is 2.18. The van der Waals surface area contributed by atoms with Gasteiger partial charge in [0.2, 0.25) is 0 Å². The first-order valence-electron chi connectivity index (χ1n) is 4.63. The molecule has 1 saturated carbocycles. The van der Waals surface area contributed by atoms with Crippen molar-refractivity contribution in [1.82, 2.24) is 0 Å². The van der Waals surface area contributed by atoms with E-state index in [1.165, 1.54) is 0 Å². The molecule has 2 aliphatic rings. The van der Waals surface area contributed by atoms with E-state index in [4.69, 9.17) is 9.84 Å². The van der Waals surface area contributed by atoms with Crippen molar-refractivity contribution in [3.63, 3.8) is 0 Å². The summed E-state index contributed by atoms with van der Waals surface area (Å²) in [4.78, 5) is 21.9. The van der Waals surface area contributed by atoms with Crippen molar-refractivity contribution >= 4 is 11.9 Å². The summed E-state index contributed by atoms with van der Waals surface area (Å²) in [5.41, 5.74) is 0. The summed E-state index contributed by atoms with van der Waals surface area (Å²) in [6.07, 6.45) is 3.58. The maximum absolute atomic E-state index is 11.2.